The number of carbonyl (C=O) groups excluding carboxylic acids is 1. The SMILES string of the molecule is Cc1cc(C)c(C(=O)N2CCN(c3cc(F)c(F)cc3C#N)CC2)cc1CN1CCN(c2ccccc2C#N)CC1. The van der Waals surface area contributed by atoms with E-state index in [1.54, 1.807) is 4.90 Å². The normalized spacial score (nSPS) is 15.9. The number of amides is 1. The maximum absolute atomic E-state index is 13.9. The van der Waals surface area contributed by atoms with E-state index < -0.39 is 11.6 Å². The zero-order chi connectivity index (χ0) is 29.1. The minimum absolute atomic E-state index is 0.0490. The van der Waals surface area contributed by atoms with Crippen LogP contribution in [0.5, 0.6) is 0 Å². The molecule has 41 heavy (non-hydrogen) atoms. The molecule has 0 aliphatic carbocycles. The number of carbonyl (C=O) groups is 1. The Balaban J connectivity index is 1.24. The van der Waals surface area contributed by atoms with Crippen molar-refractivity contribution in [2.45, 2.75) is 20.4 Å². The third-order valence-corrected chi connectivity index (χ3v) is 8.11. The van der Waals surface area contributed by atoms with E-state index in [9.17, 15) is 24.1 Å². The summed E-state index contributed by atoms with van der Waals surface area (Å²) in [5, 5.41) is 18.8. The Morgan fingerprint density at radius 1 is 0.756 bits per heavy atom. The van der Waals surface area contributed by atoms with Gasteiger partial charge in [0.25, 0.3) is 5.91 Å². The molecule has 0 N–H and O–H groups in total. The largest absolute Gasteiger partial charge is 0.368 e. The number of para-hydroxylation sites is 1. The molecule has 0 unspecified atom stereocenters. The van der Waals surface area contributed by atoms with Crippen LogP contribution in [0.4, 0.5) is 20.2 Å². The van der Waals surface area contributed by atoms with Crippen LogP contribution in [0.1, 0.15) is 38.2 Å². The van der Waals surface area contributed by atoms with Crippen molar-refractivity contribution in [3.63, 3.8) is 0 Å². The second kappa shape index (κ2) is 12.0. The molecule has 2 aliphatic heterocycles. The van der Waals surface area contributed by atoms with Crippen molar-refractivity contribution >= 4 is 17.3 Å². The first-order chi connectivity index (χ1) is 19.8. The number of hydrogen-bond acceptors (Lipinski definition) is 6. The Bertz CT molecular complexity index is 1540. The number of aryl methyl sites for hydroxylation is 2. The molecule has 0 aromatic heterocycles. The van der Waals surface area contributed by atoms with Gasteiger partial charge in [0.1, 0.15) is 12.1 Å². The van der Waals surface area contributed by atoms with Gasteiger partial charge in [0, 0.05) is 70.5 Å². The van der Waals surface area contributed by atoms with Gasteiger partial charge < -0.3 is 14.7 Å². The third-order valence-electron chi connectivity index (χ3n) is 8.11. The molecule has 9 heteroatoms. The predicted octanol–water partition coefficient (Wildman–Crippen LogP) is 4.61. The van der Waals surface area contributed by atoms with Crippen molar-refractivity contribution < 1.29 is 13.6 Å². The minimum Gasteiger partial charge on any atom is -0.368 e. The fourth-order valence-electron chi connectivity index (χ4n) is 5.74. The zero-order valence-electron chi connectivity index (χ0n) is 23.3. The molecule has 2 aliphatic rings. The quantitative estimate of drug-likeness (QED) is 0.459. The smallest absolute Gasteiger partial charge is 0.254 e. The summed E-state index contributed by atoms with van der Waals surface area (Å²) in [4.78, 5) is 21.8. The Morgan fingerprint density at radius 2 is 1.37 bits per heavy atom. The molecule has 0 radical (unpaired) electrons. The minimum atomic E-state index is -1.05. The second-order valence-electron chi connectivity index (χ2n) is 10.7. The molecule has 0 atom stereocenters. The Kier molecular flexibility index (Phi) is 8.19. The summed E-state index contributed by atoms with van der Waals surface area (Å²) < 4.78 is 27.5. The summed E-state index contributed by atoms with van der Waals surface area (Å²) in [5.41, 5.74) is 5.95. The van der Waals surface area contributed by atoms with Gasteiger partial charge in [-0.1, -0.05) is 18.2 Å². The lowest BCUT2D eigenvalue weighted by atomic mass is 9.98. The molecular formula is C32H32F2N6O. The van der Waals surface area contributed by atoms with Crippen LogP contribution in [0.25, 0.3) is 0 Å². The van der Waals surface area contributed by atoms with Crippen molar-refractivity contribution in [1.82, 2.24) is 9.80 Å². The van der Waals surface area contributed by atoms with Gasteiger partial charge in [-0.05, 0) is 54.8 Å². The van der Waals surface area contributed by atoms with Crippen LogP contribution in [0.2, 0.25) is 0 Å². The second-order valence-corrected chi connectivity index (χ2v) is 10.7. The maximum Gasteiger partial charge on any atom is 0.254 e. The van der Waals surface area contributed by atoms with Crippen LogP contribution in [-0.2, 0) is 6.54 Å². The summed E-state index contributed by atoms with van der Waals surface area (Å²) in [6, 6.07) is 18.0. The zero-order valence-corrected chi connectivity index (χ0v) is 23.3. The summed E-state index contributed by atoms with van der Waals surface area (Å²) in [7, 11) is 0. The van der Waals surface area contributed by atoms with Gasteiger partial charge in [0.2, 0.25) is 0 Å². The Morgan fingerprint density at radius 3 is 2.05 bits per heavy atom. The summed E-state index contributed by atoms with van der Waals surface area (Å²) in [5.74, 6) is -2.09. The van der Waals surface area contributed by atoms with E-state index in [-0.39, 0.29) is 11.5 Å². The summed E-state index contributed by atoms with van der Waals surface area (Å²) >= 11 is 0. The van der Waals surface area contributed by atoms with Crippen LogP contribution in [0, 0.1) is 48.1 Å². The van der Waals surface area contributed by atoms with Crippen LogP contribution in [-0.4, -0.2) is 68.1 Å². The van der Waals surface area contributed by atoms with Gasteiger partial charge >= 0.3 is 0 Å². The van der Waals surface area contributed by atoms with Crippen molar-refractivity contribution in [3.05, 3.63) is 93.5 Å². The number of halogens is 2. The molecule has 0 spiro atoms. The molecule has 3 aromatic rings. The number of nitriles is 2. The first-order valence-corrected chi connectivity index (χ1v) is 13.8. The summed E-state index contributed by atoms with van der Waals surface area (Å²) in [6.45, 7) is 9.78. The maximum atomic E-state index is 13.9. The molecule has 3 aromatic carbocycles. The van der Waals surface area contributed by atoms with E-state index in [4.69, 9.17) is 0 Å². The molecule has 0 bridgehead atoms. The highest BCUT2D eigenvalue weighted by atomic mass is 19.2. The molecular weight excluding hydrogens is 522 g/mol. The van der Waals surface area contributed by atoms with Gasteiger partial charge in [0.15, 0.2) is 11.6 Å². The van der Waals surface area contributed by atoms with E-state index in [2.05, 4.69) is 28.9 Å². The van der Waals surface area contributed by atoms with E-state index in [1.165, 1.54) is 0 Å². The highest BCUT2D eigenvalue weighted by Gasteiger charge is 2.27. The van der Waals surface area contributed by atoms with Gasteiger partial charge in [-0.3, -0.25) is 9.69 Å². The van der Waals surface area contributed by atoms with Gasteiger partial charge in [-0.2, -0.15) is 10.5 Å². The third kappa shape index (κ3) is 5.86. The fraction of sp³-hybridized carbons (Fsp3) is 0.344. The van der Waals surface area contributed by atoms with E-state index >= 15 is 0 Å². The molecule has 1 amide bonds. The van der Waals surface area contributed by atoms with Gasteiger partial charge in [0.05, 0.1) is 22.5 Å². The fourth-order valence-corrected chi connectivity index (χ4v) is 5.74. The number of piperazine rings is 2. The molecule has 2 fully saturated rings. The number of rotatable bonds is 5. The molecule has 7 nitrogen and oxygen atoms in total. The number of anilines is 2. The highest BCUT2D eigenvalue weighted by molar-refractivity contribution is 5.96. The van der Waals surface area contributed by atoms with Gasteiger partial charge in [-0.25, -0.2) is 8.78 Å². The standard InChI is InChI=1S/C32H32F2N6O/c1-22-15-23(2)27(16-26(22)21-37-7-9-38(10-8-37)30-6-4-3-5-24(30)19-35)32(41)40-13-11-39(12-14-40)31-18-29(34)28(33)17-25(31)20-36/h3-6,15-18H,7-14,21H2,1-2H3. The van der Waals surface area contributed by atoms with E-state index in [0.29, 0.717) is 43.0 Å². The number of nitrogens with zero attached hydrogens (tertiary/aromatic N) is 6. The first kappa shape index (κ1) is 28.1. The molecule has 2 saturated heterocycles. The lowest BCUT2D eigenvalue weighted by molar-refractivity contribution is 0.0745. The molecule has 5 rings (SSSR count). The van der Waals surface area contributed by atoms with E-state index in [0.717, 1.165) is 67.2 Å². The Hall–Kier alpha value is -4.47. The average Bonchev–Trinajstić information content (AvgIpc) is 2.99. The molecule has 0 saturated carbocycles. The highest BCUT2D eigenvalue weighted by Crippen LogP contribution is 2.27. The van der Waals surface area contributed by atoms with Crippen molar-refractivity contribution in [2.75, 3.05) is 62.2 Å². The van der Waals surface area contributed by atoms with E-state index in [1.807, 2.05) is 48.2 Å². The topological polar surface area (TPSA) is 77.6 Å². The molecule has 2 heterocycles. The monoisotopic (exact) mass is 554 g/mol. The predicted molar refractivity (Wildman–Crippen MR) is 154 cm³/mol. The Labute approximate surface area is 239 Å². The van der Waals surface area contributed by atoms with Crippen LogP contribution in [0.3, 0.4) is 0 Å². The van der Waals surface area contributed by atoms with Gasteiger partial charge in [-0.15, -0.1) is 0 Å². The number of hydrogen-bond donors (Lipinski definition) is 0. The van der Waals surface area contributed by atoms with Crippen molar-refractivity contribution in [2.24, 2.45) is 0 Å². The van der Waals surface area contributed by atoms with Crippen molar-refractivity contribution in [1.29, 1.82) is 10.5 Å². The lowest BCUT2D eigenvalue weighted by Gasteiger charge is -2.37. The van der Waals surface area contributed by atoms with Crippen LogP contribution < -0.4 is 9.80 Å². The van der Waals surface area contributed by atoms with Crippen molar-refractivity contribution in [3.8, 4) is 12.1 Å². The number of benzene rings is 3. The lowest BCUT2D eigenvalue weighted by Crippen LogP contribution is -2.49. The first-order valence-electron chi connectivity index (χ1n) is 13.8. The summed E-state index contributed by atoms with van der Waals surface area (Å²) in [6.07, 6.45) is 0. The van der Waals surface area contributed by atoms with Crippen LogP contribution >= 0.6 is 0 Å². The molecule has 210 valence electrons. The van der Waals surface area contributed by atoms with Crippen LogP contribution in [0.15, 0.2) is 48.5 Å². The average molecular weight is 555 g/mol.